The molecule has 1 amide bonds. The van der Waals surface area contributed by atoms with E-state index in [1.807, 2.05) is 0 Å². The maximum absolute atomic E-state index is 12.5. The van der Waals surface area contributed by atoms with Crippen molar-refractivity contribution in [3.8, 4) is 0 Å². The minimum atomic E-state index is -2.26. The first-order valence-corrected chi connectivity index (χ1v) is 13.1. The van der Waals surface area contributed by atoms with Crippen LogP contribution in [0.3, 0.4) is 0 Å². The van der Waals surface area contributed by atoms with Gasteiger partial charge in [-0.15, -0.1) is 0 Å². The summed E-state index contributed by atoms with van der Waals surface area (Å²) in [5.41, 5.74) is 0.175. The molecule has 30 heavy (non-hydrogen) atoms. The Balaban J connectivity index is 1.93. The van der Waals surface area contributed by atoms with Gasteiger partial charge in [0, 0.05) is 0 Å². The Labute approximate surface area is 182 Å². The zero-order valence-electron chi connectivity index (χ0n) is 18.4. The molecule has 0 aromatic heterocycles. The topological polar surface area (TPSA) is 29.1 Å². The van der Waals surface area contributed by atoms with Crippen LogP contribution in [0.15, 0.2) is 91.0 Å². The van der Waals surface area contributed by atoms with Gasteiger partial charge in [-0.2, -0.15) is 0 Å². The SMILES string of the molecule is CC(C)(C)CCC(=O)NCC[PH](c1ccccc1)(c1ccccc1)c1ccccc1. The Morgan fingerprint density at radius 3 is 1.50 bits per heavy atom. The van der Waals surface area contributed by atoms with Gasteiger partial charge in [-0.25, -0.2) is 0 Å². The summed E-state index contributed by atoms with van der Waals surface area (Å²) in [5, 5.41) is 7.36. The van der Waals surface area contributed by atoms with Crippen LogP contribution in [-0.2, 0) is 4.79 Å². The van der Waals surface area contributed by atoms with Crippen molar-refractivity contribution in [2.24, 2.45) is 5.41 Å². The molecular weight excluding hydrogens is 385 g/mol. The van der Waals surface area contributed by atoms with Crippen LogP contribution in [0, 0.1) is 5.41 Å². The van der Waals surface area contributed by atoms with Crippen LogP contribution < -0.4 is 21.2 Å². The van der Waals surface area contributed by atoms with Gasteiger partial charge in [-0.1, -0.05) is 0 Å². The normalized spacial score (nSPS) is 12.4. The summed E-state index contributed by atoms with van der Waals surface area (Å²) in [4.78, 5) is 12.5. The predicted octanol–water partition coefficient (Wildman–Crippen LogP) is 4.66. The predicted molar refractivity (Wildman–Crippen MR) is 133 cm³/mol. The molecule has 0 aliphatic rings. The molecule has 3 heteroatoms. The summed E-state index contributed by atoms with van der Waals surface area (Å²) in [6.45, 7) is 7.23. The molecular formula is C27H34NOP. The molecule has 0 unspecified atom stereocenters. The fourth-order valence-corrected chi connectivity index (χ4v) is 8.72. The Morgan fingerprint density at radius 2 is 1.13 bits per heavy atom. The first-order chi connectivity index (χ1) is 14.4. The van der Waals surface area contributed by atoms with E-state index in [1.165, 1.54) is 15.9 Å². The minimum absolute atomic E-state index is 0.155. The molecule has 158 valence electrons. The molecule has 0 spiro atoms. The number of rotatable bonds is 8. The Morgan fingerprint density at radius 1 is 0.733 bits per heavy atom. The van der Waals surface area contributed by atoms with Crippen LogP contribution in [0.4, 0.5) is 0 Å². The van der Waals surface area contributed by atoms with E-state index in [1.54, 1.807) is 0 Å². The molecule has 0 saturated heterocycles. The van der Waals surface area contributed by atoms with Gasteiger partial charge < -0.3 is 0 Å². The van der Waals surface area contributed by atoms with E-state index in [0.29, 0.717) is 13.0 Å². The third kappa shape index (κ3) is 5.58. The number of nitrogens with one attached hydrogen (secondary N) is 1. The molecule has 0 aliphatic heterocycles. The molecule has 1 N–H and O–H groups in total. The van der Waals surface area contributed by atoms with E-state index in [9.17, 15) is 4.79 Å². The summed E-state index contributed by atoms with van der Waals surface area (Å²) in [6.07, 6.45) is 2.42. The standard InChI is InChI=1S/C27H34NOP/c1-27(2,3)20-19-26(29)28-21-22-30(23-13-7-4-8-14-23,24-15-9-5-10-16-24)25-17-11-6-12-18-25/h4-18,30H,19-22H2,1-3H3,(H,28,29). The fraction of sp³-hybridized carbons (Fsp3) is 0.296. The van der Waals surface area contributed by atoms with Crippen molar-refractivity contribution >= 4 is 29.1 Å². The number of hydrogen-bond acceptors (Lipinski definition) is 1. The summed E-state index contributed by atoms with van der Waals surface area (Å²) < 4.78 is 0. The van der Waals surface area contributed by atoms with Crippen LogP contribution in [0.2, 0.25) is 0 Å². The van der Waals surface area contributed by atoms with Crippen molar-refractivity contribution in [3.63, 3.8) is 0 Å². The van der Waals surface area contributed by atoms with Gasteiger partial charge in [-0.05, 0) is 0 Å². The Kier molecular flexibility index (Phi) is 7.45. The number of carbonyl (C=O) groups is 1. The van der Waals surface area contributed by atoms with Gasteiger partial charge in [-0.3, -0.25) is 0 Å². The van der Waals surface area contributed by atoms with Crippen molar-refractivity contribution in [2.75, 3.05) is 12.7 Å². The van der Waals surface area contributed by atoms with E-state index < -0.39 is 7.26 Å². The Hall–Kier alpha value is -2.44. The van der Waals surface area contributed by atoms with Crippen molar-refractivity contribution in [3.05, 3.63) is 91.0 Å². The first-order valence-electron chi connectivity index (χ1n) is 10.9. The zero-order valence-corrected chi connectivity index (χ0v) is 19.4. The molecule has 0 fully saturated rings. The van der Waals surface area contributed by atoms with Gasteiger partial charge in [0.25, 0.3) is 0 Å². The number of amides is 1. The van der Waals surface area contributed by atoms with Crippen LogP contribution in [-0.4, -0.2) is 18.6 Å². The molecule has 3 aromatic rings. The first kappa shape index (κ1) is 22.2. The van der Waals surface area contributed by atoms with Crippen molar-refractivity contribution in [1.82, 2.24) is 5.32 Å². The van der Waals surface area contributed by atoms with E-state index in [4.69, 9.17) is 0 Å². The second-order valence-corrected chi connectivity index (χ2v) is 13.2. The Bertz CT molecular complexity index is 821. The summed E-state index contributed by atoms with van der Waals surface area (Å²) in [6, 6.07) is 32.6. The van der Waals surface area contributed by atoms with Crippen LogP contribution >= 0.6 is 7.26 Å². The third-order valence-corrected chi connectivity index (χ3v) is 10.7. The van der Waals surface area contributed by atoms with E-state index >= 15 is 0 Å². The molecule has 3 rings (SSSR count). The number of carbonyl (C=O) groups excluding carboxylic acids is 1. The molecule has 0 heterocycles. The molecule has 3 aromatic carbocycles. The van der Waals surface area contributed by atoms with E-state index in [2.05, 4.69) is 117 Å². The van der Waals surface area contributed by atoms with Crippen molar-refractivity contribution < 1.29 is 4.79 Å². The molecule has 0 atom stereocenters. The molecule has 0 saturated carbocycles. The monoisotopic (exact) mass is 419 g/mol. The van der Waals surface area contributed by atoms with Crippen molar-refractivity contribution in [1.29, 1.82) is 0 Å². The average molecular weight is 420 g/mol. The van der Waals surface area contributed by atoms with Gasteiger partial charge in [0.05, 0.1) is 0 Å². The molecule has 0 bridgehead atoms. The molecule has 0 aliphatic carbocycles. The second kappa shape index (κ2) is 10.0. The van der Waals surface area contributed by atoms with Crippen molar-refractivity contribution in [2.45, 2.75) is 33.6 Å². The van der Waals surface area contributed by atoms with Gasteiger partial charge in [0.1, 0.15) is 0 Å². The van der Waals surface area contributed by atoms with Crippen LogP contribution in [0.1, 0.15) is 33.6 Å². The summed E-state index contributed by atoms with van der Waals surface area (Å²) in [7, 11) is -2.26. The van der Waals surface area contributed by atoms with Crippen LogP contribution in [0.5, 0.6) is 0 Å². The fourth-order valence-electron chi connectivity index (χ4n) is 4.07. The second-order valence-electron chi connectivity index (χ2n) is 9.16. The van der Waals surface area contributed by atoms with Gasteiger partial charge in [0.2, 0.25) is 0 Å². The number of hydrogen-bond donors (Lipinski definition) is 1. The summed E-state index contributed by atoms with van der Waals surface area (Å²) >= 11 is 0. The maximum atomic E-state index is 12.5. The third-order valence-electron chi connectivity index (χ3n) is 5.72. The molecule has 2 nitrogen and oxygen atoms in total. The zero-order chi connectivity index (χ0) is 21.5. The van der Waals surface area contributed by atoms with E-state index in [-0.39, 0.29) is 11.3 Å². The van der Waals surface area contributed by atoms with Gasteiger partial charge >= 0.3 is 182 Å². The summed E-state index contributed by atoms with van der Waals surface area (Å²) in [5.74, 6) is 0.155. The molecule has 0 radical (unpaired) electrons. The quantitative estimate of drug-likeness (QED) is 0.529. The van der Waals surface area contributed by atoms with Crippen LogP contribution in [0.25, 0.3) is 0 Å². The van der Waals surface area contributed by atoms with E-state index in [0.717, 1.165) is 12.6 Å². The average Bonchev–Trinajstić information content (AvgIpc) is 2.77. The number of benzene rings is 3. The van der Waals surface area contributed by atoms with Gasteiger partial charge in [0.15, 0.2) is 0 Å².